The highest BCUT2D eigenvalue weighted by atomic mass is 16.5. The van der Waals surface area contributed by atoms with E-state index in [1.807, 2.05) is 10.6 Å². The lowest BCUT2D eigenvalue weighted by atomic mass is 9.95. The molecule has 0 spiro atoms. The van der Waals surface area contributed by atoms with Gasteiger partial charge in [-0.3, -0.25) is 0 Å². The lowest BCUT2D eigenvalue weighted by Crippen LogP contribution is -2.28. The molecule has 0 aromatic carbocycles. The third-order valence-electron chi connectivity index (χ3n) is 7.05. The van der Waals surface area contributed by atoms with Crippen molar-refractivity contribution in [1.29, 1.82) is 0 Å². The molecule has 0 amide bonds. The van der Waals surface area contributed by atoms with Crippen LogP contribution in [0, 0.1) is 13.8 Å². The molecule has 2 aliphatic heterocycles. The number of hydrogen-bond acceptors (Lipinski definition) is 5. The number of nitrogens with zero attached hydrogens (tertiary/aromatic N) is 6. The van der Waals surface area contributed by atoms with Crippen molar-refractivity contribution in [3.63, 3.8) is 0 Å². The molecule has 0 atom stereocenters. The summed E-state index contributed by atoms with van der Waals surface area (Å²) in [6, 6.07) is 4.68. The van der Waals surface area contributed by atoms with Gasteiger partial charge in [0.15, 0.2) is 11.5 Å². The maximum atomic E-state index is 5.50. The van der Waals surface area contributed by atoms with Gasteiger partial charge in [-0.25, -0.2) is 19.5 Å². The average Bonchev–Trinajstić information content (AvgIpc) is 3.24. The van der Waals surface area contributed by atoms with Crippen molar-refractivity contribution >= 4 is 28.3 Å². The molecule has 0 saturated carbocycles. The molecule has 0 radical (unpaired) electrons. The van der Waals surface area contributed by atoms with Crippen LogP contribution in [0.15, 0.2) is 29.6 Å². The first kappa shape index (κ1) is 20.4. The zero-order chi connectivity index (χ0) is 22.7. The number of aromatic amines is 1. The number of fused-ring (bicyclic) bond motifs is 2. The Balaban J connectivity index is 1.42. The van der Waals surface area contributed by atoms with Crippen LogP contribution in [0.3, 0.4) is 0 Å². The van der Waals surface area contributed by atoms with E-state index in [9.17, 15) is 0 Å². The molecule has 6 rings (SSSR count). The fourth-order valence-electron chi connectivity index (χ4n) is 5.05. The Morgan fingerprint density at radius 3 is 2.76 bits per heavy atom. The normalized spacial score (nSPS) is 18.3. The Kier molecular flexibility index (Phi) is 4.72. The molecule has 2 aliphatic rings. The van der Waals surface area contributed by atoms with Crippen molar-refractivity contribution < 1.29 is 4.74 Å². The Morgan fingerprint density at radius 1 is 1.15 bits per heavy atom. The van der Waals surface area contributed by atoms with Gasteiger partial charge in [0, 0.05) is 36.6 Å². The van der Waals surface area contributed by atoms with E-state index in [0.29, 0.717) is 12.0 Å². The number of hydrogen-bond donors (Lipinski definition) is 1. The van der Waals surface area contributed by atoms with Crippen LogP contribution in [0.1, 0.15) is 49.3 Å². The minimum absolute atomic E-state index is 0.301. The lowest BCUT2D eigenvalue weighted by Gasteiger charge is -2.22. The minimum atomic E-state index is 0.301. The molecule has 6 heterocycles. The van der Waals surface area contributed by atoms with Crippen LogP contribution >= 0.6 is 0 Å². The van der Waals surface area contributed by atoms with Crippen molar-refractivity contribution in [1.82, 2.24) is 29.5 Å². The predicted octanol–water partition coefficient (Wildman–Crippen LogP) is 4.54. The van der Waals surface area contributed by atoms with Gasteiger partial charge in [-0.05, 0) is 55.9 Å². The van der Waals surface area contributed by atoms with Gasteiger partial charge in [-0.1, -0.05) is 13.8 Å². The standard InChI is InChI=1S/C25H29N7O/c1-14(2)22-23(18-11-32-25(26-13-27-32)16(4)15(18)3)28-19-5-6-20(30-24(19)22)29-21-12-31(21)17-7-9-33-10-8-17/h5-6,11,13-14,17,28H,7-10,12H2,1-4H3. The van der Waals surface area contributed by atoms with Gasteiger partial charge >= 0.3 is 0 Å². The summed E-state index contributed by atoms with van der Waals surface area (Å²) in [7, 11) is 0. The summed E-state index contributed by atoms with van der Waals surface area (Å²) in [5.41, 5.74) is 8.72. The first-order valence-electron chi connectivity index (χ1n) is 11.8. The summed E-state index contributed by atoms with van der Waals surface area (Å²) >= 11 is 0. The topological polar surface area (TPSA) is 83.5 Å². The molecule has 33 heavy (non-hydrogen) atoms. The Morgan fingerprint density at radius 2 is 1.97 bits per heavy atom. The second-order valence-electron chi connectivity index (χ2n) is 9.45. The van der Waals surface area contributed by atoms with Crippen LogP contribution < -0.4 is 0 Å². The number of amidine groups is 1. The van der Waals surface area contributed by atoms with Crippen molar-refractivity contribution in [2.75, 3.05) is 19.8 Å². The third-order valence-corrected chi connectivity index (χ3v) is 7.05. The smallest absolute Gasteiger partial charge is 0.158 e. The molecule has 0 aliphatic carbocycles. The maximum Gasteiger partial charge on any atom is 0.158 e. The highest BCUT2D eigenvalue weighted by Gasteiger charge is 2.35. The van der Waals surface area contributed by atoms with Crippen molar-refractivity contribution in [2.24, 2.45) is 4.99 Å². The first-order valence-corrected chi connectivity index (χ1v) is 11.8. The number of aromatic nitrogens is 5. The SMILES string of the molecule is Cc1c(-c2[nH]c3ccc(N=C4CN4C4CCOCC4)nc3c2C(C)C)cn2ncnc2c1C. The number of nitrogens with one attached hydrogen (secondary N) is 1. The van der Waals surface area contributed by atoms with Gasteiger partial charge < -0.3 is 14.6 Å². The largest absolute Gasteiger partial charge is 0.381 e. The number of pyridine rings is 2. The van der Waals surface area contributed by atoms with Gasteiger partial charge in [0.2, 0.25) is 0 Å². The van der Waals surface area contributed by atoms with Crippen LogP contribution in [0.2, 0.25) is 0 Å². The monoisotopic (exact) mass is 443 g/mol. The lowest BCUT2D eigenvalue weighted by molar-refractivity contribution is 0.0675. The summed E-state index contributed by atoms with van der Waals surface area (Å²) in [6.07, 6.45) is 5.84. The summed E-state index contributed by atoms with van der Waals surface area (Å²) in [4.78, 5) is 20.3. The quantitative estimate of drug-likeness (QED) is 0.468. The predicted molar refractivity (Wildman–Crippen MR) is 129 cm³/mol. The molecule has 4 aromatic rings. The summed E-state index contributed by atoms with van der Waals surface area (Å²) in [6.45, 7) is 11.3. The minimum Gasteiger partial charge on any atom is -0.381 e. The van der Waals surface area contributed by atoms with E-state index in [2.05, 4.69) is 59.9 Å². The van der Waals surface area contributed by atoms with Crippen LogP contribution in [0.4, 0.5) is 5.82 Å². The molecule has 8 heteroatoms. The molecule has 2 saturated heterocycles. The first-order chi connectivity index (χ1) is 16.0. The molecule has 8 nitrogen and oxygen atoms in total. The van der Waals surface area contributed by atoms with Crippen molar-refractivity contribution in [3.05, 3.63) is 41.3 Å². The van der Waals surface area contributed by atoms with E-state index in [0.717, 1.165) is 77.8 Å². The number of H-pyrrole nitrogens is 1. The fourth-order valence-corrected chi connectivity index (χ4v) is 5.05. The molecular weight excluding hydrogens is 414 g/mol. The molecule has 0 bridgehead atoms. The summed E-state index contributed by atoms with van der Waals surface area (Å²) in [5.74, 6) is 2.22. The van der Waals surface area contributed by atoms with E-state index in [-0.39, 0.29) is 0 Å². The highest BCUT2D eigenvalue weighted by Crippen LogP contribution is 2.38. The van der Waals surface area contributed by atoms with Gasteiger partial charge in [-0.15, -0.1) is 0 Å². The second-order valence-corrected chi connectivity index (χ2v) is 9.45. The van der Waals surface area contributed by atoms with E-state index in [1.165, 1.54) is 11.1 Å². The van der Waals surface area contributed by atoms with Gasteiger partial charge in [0.05, 0.1) is 23.3 Å². The maximum absolute atomic E-state index is 5.50. The summed E-state index contributed by atoms with van der Waals surface area (Å²) < 4.78 is 7.35. The van der Waals surface area contributed by atoms with Crippen molar-refractivity contribution in [3.8, 4) is 11.3 Å². The number of aryl methyl sites for hydroxylation is 1. The number of ether oxygens (including phenoxy) is 1. The summed E-state index contributed by atoms with van der Waals surface area (Å²) in [5, 5.41) is 4.38. The van der Waals surface area contributed by atoms with Crippen molar-refractivity contribution in [2.45, 2.75) is 52.5 Å². The Bertz CT molecular complexity index is 1390. The van der Waals surface area contributed by atoms with E-state index < -0.39 is 0 Å². The van der Waals surface area contributed by atoms with Crippen LogP contribution in [-0.4, -0.2) is 61.1 Å². The van der Waals surface area contributed by atoms with Crippen LogP contribution in [0.5, 0.6) is 0 Å². The van der Waals surface area contributed by atoms with Gasteiger partial charge in [0.1, 0.15) is 12.2 Å². The molecule has 170 valence electrons. The molecule has 1 N–H and O–H groups in total. The fraction of sp³-hybridized carbons (Fsp3) is 0.440. The number of rotatable bonds is 4. The van der Waals surface area contributed by atoms with Crippen LogP contribution in [0.25, 0.3) is 27.9 Å². The van der Waals surface area contributed by atoms with E-state index in [4.69, 9.17) is 14.7 Å². The van der Waals surface area contributed by atoms with E-state index in [1.54, 1.807) is 6.33 Å². The second kappa shape index (κ2) is 7.66. The Hall–Kier alpha value is -3.26. The van der Waals surface area contributed by atoms with E-state index >= 15 is 0 Å². The third kappa shape index (κ3) is 3.40. The molecular formula is C25H29N7O. The Labute approximate surface area is 192 Å². The highest BCUT2D eigenvalue weighted by molar-refractivity contribution is 5.99. The average molecular weight is 444 g/mol. The zero-order valence-corrected chi connectivity index (χ0v) is 19.6. The zero-order valence-electron chi connectivity index (χ0n) is 19.6. The van der Waals surface area contributed by atoms with Gasteiger partial charge in [0.25, 0.3) is 0 Å². The molecule has 2 fully saturated rings. The number of aliphatic imine (C=N–C) groups is 1. The molecule has 0 unspecified atom stereocenters. The van der Waals surface area contributed by atoms with Crippen LogP contribution in [-0.2, 0) is 4.74 Å². The van der Waals surface area contributed by atoms with Gasteiger partial charge in [-0.2, -0.15) is 5.10 Å². The molecule has 4 aromatic heterocycles.